The van der Waals surface area contributed by atoms with Crippen molar-refractivity contribution in [2.45, 2.75) is 44.6 Å². The lowest BCUT2D eigenvalue weighted by Crippen LogP contribution is -2.27. The third-order valence-corrected chi connectivity index (χ3v) is 6.88. The zero-order chi connectivity index (χ0) is 24.2. The molecule has 0 saturated heterocycles. The van der Waals surface area contributed by atoms with Gasteiger partial charge in [0.25, 0.3) is 0 Å². The molecule has 5 nitrogen and oxygen atoms in total. The van der Waals surface area contributed by atoms with Gasteiger partial charge in [0.1, 0.15) is 11.5 Å². The molecule has 2 aliphatic rings. The lowest BCUT2D eigenvalue weighted by Gasteiger charge is -2.30. The molecule has 2 atom stereocenters. The fraction of sp³-hybridized carbons (Fsp3) is 0.300. The number of Topliss-reactive ketones (excluding diaryl/α,β-unsaturated/α-hetero) is 1. The predicted molar refractivity (Wildman–Crippen MR) is 140 cm³/mol. The van der Waals surface area contributed by atoms with Gasteiger partial charge in [0, 0.05) is 23.3 Å². The summed E-state index contributed by atoms with van der Waals surface area (Å²) >= 11 is 0. The Bertz CT molecular complexity index is 1230. The average molecular weight is 469 g/mol. The number of fused-ring (bicyclic) bond motifs is 1. The molecule has 0 fully saturated rings. The summed E-state index contributed by atoms with van der Waals surface area (Å²) in [5, 5.41) is 7.28. The minimum absolute atomic E-state index is 0.113. The van der Waals surface area contributed by atoms with E-state index in [0.29, 0.717) is 13.0 Å². The molecule has 0 amide bonds. The van der Waals surface area contributed by atoms with Crippen LogP contribution in [0.3, 0.4) is 0 Å². The number of ketones is 1. The second-order valence-electron chi connectivity index (χ2n) is 9.18. The van der Waals surface area contributed by atoms with Gasteiger partial charge in [-0.2, -0.15) is 0 Å². The van der Waals surface area contributed by atoms with E-state index in [1.54, 1.807) is 7.11 Å². The van der Waals surface area contributed by atoms with Gasteiger partial charge in [0.15, 0.2) is 5.78 Å². The van der Waals surface area contributed by atoms with Gasteiger partial charge in [-0.3, -0.25) is 4.79 Å². The number of nitrogens with one attached hydrogen (secondary N) is 2. The first-order valence-electron chi connectivity index (χ1n) is 12.4. The molecule has 2 N–H and O–H groups in total. The number of hydrogen-bond acceptors (Lipinski definition) is 5. The minimum Gasteiger partial charge on any atom is -0.497 e. The molecule has 1 aliphatic heterocycles. The minimum atomic E-state index is -0.289. The van der Waals surface area contributed by atoms with Crippen molar-refractivity contribution in [1.29, 1.82) is 0 Å². The first-order valence-corrected chi connectivity index (χ1v) is 12.4. The van der Waals surface area contributed by atoms with Gasteiger partial charge >= 0.3 is 0 Å². The van der Waals surface area contributed by atoms with E-state index in [9.17, 15) is 4.79 Å². The number of unbranched alkanes of at least 4 members (excludes halogenated alkanes) is 1. The molecule has 35 heavy (non-hydrogen) atoms. The van der Waals surface area contributed by atoms with Crippen molar-refractivity contribution in [3.8, 4) is 11.5 Å². The Morgan fingerprint density at radius 3 is 2.43 bits per heavy atom. The second-order valence-corrected chi connectivity index (χ2v) is 9.18. The van der Waals surface area contributed by atoms with Gasteiger partial charge in [0.05, 0.1) is 31.1 Å². The molecule has 0 unspecified atom stereocenters. The van der Waals surface area contributed by atoms with Gasteiger partial charge in [0.2, 0.25) is 0 Å². The Morgan fingerprint density at radius 1 is 0.914 bits per heavy atom. The smallest absolute Gasteiger partial charge is 0.163 e. The monoisotopic (exact) mass is 468 g/mol. The molecular weight excluding hydrogens is 436 g/mol. The maximum Gasteiger partial charge on any atom is 0.163 e. The molecule has 0 saturated carbocycles. The predicted octanol–water partition coefficient (Wildman–Crippen LogP) is 6.85. The van der Waals surface area contributed by atoms with Crippen LogP contribution in [0.15, 0.2) is 84.1 Å². The summed E-state index contributed by atoms with van der Waals surface area (Å²) in [7, 11) is 1.67. The van der Waals surface area contributed by atoms with E-state index < -0.39 is 0 Å². The highest BCUT2D eigenvalue weighted by Gasteiger charge is 2.37. The summed E-state index contributed by atoms with van der Waals surface area (Å²) in [5.74, 6) is 1.92. The van der Waals surface area contributed by atoms with E-state index >= 15 is 0 Å². The number of carbonyl (C=O) groups is 1. The lowest BCUT2D eigenvalue weighted by atomic mass is 9.78. The number of rotatable bonds is 7. The van der Waals surface area contributed by atoms with Crippen LogP contribution in [-0.2, 0) is 4.79 Å². The van der Waals surface area contributed by atoms with Crippen LogP contribution >= 0.6 is 0 Å². The average Bonchev–Trinajstić information content (AvgIpc) is 3.06. The number of carbonyl (C=O) groups excluding carboxylic acids is 1. The Kier molecular flexibility index (Phi) is 6.75. The summed E-state index contributed by atoms with van der Waals surface area (Å²) in [6.45, 7) is 2.82. The van der Waals surface area contributed by atoms with E-state index in [1.807, 2.05) is 42.5 Å². The van der Waals surface area contributed by atoms with Crippen LogP contribution in [0.25, 0.3) is 0 Å². The number of methoxy groups -OCH3 is 1. The van der Waals surface area contributed by atoms with Gasteiger partial charge in [-0.1, -0.05) is 55.8 Å². The molecule has 0 radical (unpaired) electrons. The van der Waals surface area contributed by atoms with Crippen molar-refractivity contribution >= 4 is 17.2 Å². The van der Waals surface area contributed by atoms with Crippen LogP contribution in [0.2, 0.25) is 0 Å². The Labute approximate surface area is 207 Å². The van der Waals surface area contributed by atoms with Crippen LogP contribution in [0, 0.1) is 0 Å². The largest absolute Gasteiger partial charge is 0.497 e. The molecule has 0 aromatic heterocycles. The van der Waals surface area contributed by atoms with Gasteiger partial charge < -0.3 is 20.1 Å². The van der Waals surface area contributed by atoms with Gasteiger partial charge in [-0.15, -0.1) is 0 Å². The summed E-state index contributed by atoms with van der Waals surface area (Å²) < 4.78 is 11.5. The fourth-order valence-corrected chi connectivity index (χ4v) is 5.01. The van der Waals surface area contributed by atoms with E-state index in [-0.39, 0.29) is 17.7 Å². The Balaban J connectivity index is 1.56. The zero-order valence-corrected chi connectivity index (χ0v) is 20.3. The highest BCUT2D eigenvalue weighted by Crippen LogP contribution is 2.45. The number of hydrogen-bond donors (Lipinski definition) is 2. The van der Waals surface area contributed by atoms with Crippen molar-refractivity contribution < 1.29 is 14.3 Å². The van der Waals surface area contributed by atoms with E-state index in [2.05, 4.69) is 47.9 Å². The lowest BCUT2D eigenvalue weighted by molar-refractivity contribution is -0.116. The summed E-state index contributed by atoms with van der Waals surface area (Å²) in [6, 6.07) is 24.0. The van der Waals surface area contributed by atoms with E-state index in [1.165, 1.54) is 0 Å². The Hall–Kier alpha value is -3.73. The molecule has 180 valence electrons. The van der Waals surface area contributed by atoms with Crippen LogP contribution in [0.1, 0.15) is 55.7 Å². The van der Waals surface area contributed by atoms with Crippen molar-refractivity contribution in [1.82, 2.24) is 0 Å². The molecule has 0 bridgehead atoms. The van der Waals surface area contributed by atoms with Crippen LogP contribution < -0.4 is 20.1 Å². The fourth-order valence-electron chi connectivity index (χ4n) is 5.01. The van der Waals surface area contributed by atoms with E-state index in [4.69, 9.17) is 9.47 Å². The molecular formula is C30H32N2O3. The highest BCUT2D eigenvalue weighted by molar-refractivity contribution is 6.01. The standard InChI is InChI=1S/C30H32N2O3/c1-3-4-17-35-28-12-8-5-9-23(28)30-29-26(31-24-10-6-7-11-25(24)32-30)18-21(19-27(29)33)20-13-15-22(34-2)16-14-20/h5-16,21,30-32H,3-4,17-19H2,1-2H3/t21-,30+/m0/s1. The second kappa shape index (κ2) is 10.3. The number of anilines is 2. The molecule has 1 heterocycles. The third kappa shape index (κ3) is 4.76. The summed E-state index contributed by atoms with van der Waals surface area (Å²) in [6.07, 6.45) is 3.30. The summed E-state index contributed by atoms with van der Waals surface area (Å²) in [5.41, 5.74) is 5.88. The maximum absolute atomic E-state index is 13.8. The number of benzene rings is 3. The van der Waals surface area contributed by atoms with Crippen LogP contribution in [0.5, 0.6) is 11.5 Å². The Morgan fingerprint density at radius 2 is 1.66 bits per heavy atom. The van der Waals surface area contributed by atoms with Crippen molar-refractivity contribution in [3.63, 3.8) is 0 Å². The molecule has 3 aromatic carbocycles. The van der Waals surface area contributed by atoms with Crippen molar-refractivity contribution in [3.05, 3.63) is 95.2 Å². The highest BCUT2D eigenvalue weighted by atomic mass is 16.5. The van der Waals surface area contributed by atoms with Crippen LogP contribution in [-0.4, -0.2) is 19.5 Å². The number of ether oxygens (including phenoxy) is 2. The van der Waals surface area contributed by atoms with E-state index in [0.717, 1.165) is 64.5 Å². The van der Waals surface area contributed by atoms with Crippen molar-refractivity contribution in [2.24, 2.45) is 0 Å². The SMILES string of the molecule is CCCCOc1ccccc1[C@H]1Nc2ccccc2NC2=C1C(=O)C[C@@H](c1ccc(OC)cc1)C2. The van der Waals surface area contributed by atoms with Gasteiger partial charge in [-0.05, 0) is 54.7 Å². The number of allylic oxidation sites excluding steroid dienone is 1. The van der Waals surface area contributed by atoms with Crippen molar-refractivity contribution in [2.75, 3.05) is 24.4 Å². The molecule has 5 rings (SSSR count). The van der Waals surface area contributed by atoms with Gasteiger partial charge in [-0.25, -0.2) is 0 Å². The molecule has 1 aliphatic carbocycles. The summed E-state index contributed by atoms with van der Waals surface area (Å²) in [4.78, 5) is 13.8. The normalized spacial score (nSPS) is 19.1. The first kappa shape index (κ1) is 23.0. The number of para-hydroxylation sites is 3. The molecule has 3 aromatic rings. The quantitative estimate of drug-likeness (QED) is 0.371. The molecule has 5 heteroatoms. The third-order valence-electron chi connectivity index (χ3n) is 6.88. The molecule has 0 spiro atoms. The van der Waals surface area contributed by atoms with Crippen LogP contribution in [0.4, 0.5) is 11.4 Å². The topological polar surface area (TPSA) is 59.6 Å². The zero-order valence-electron chi connectivity index (χ0n) is 20.3. The first-order chi connectivity index (χ1) is 17.2. The maximum atomic E-state index is 13.8.